The molecule has 0 bridgehead atoms. The molecule has 0 atom stereocenters. The molecule has 140 valence electrons. The van der Waals surface area contributed by atoms with Gasteiger partial charge >= 0.3 is 6.03 Å². The van der Waals surface area contributed by atoms with Crippen LogP contribution < -0.4 is 16.4 Å². The van der Waals surface area contributed by atoms with Crippen LogP contribution >= 0.6 is 11.3 Å². The van der Waals surface area contributed by atoms with E-state index in [2.05, 4.69) is 15.6 Å². The first-order chi connectivity index (χ1) is 13.0. The van der Waals surface area contributed by atoms with Crippen molar-refractivity contribution in [3.05, 3.63) is 65.1 Å². The molecule has 1 aromatic heterocycles. The Hall–Kier alpha value is -2.91. The van der Waals surface area contributed by atoms with Crippen LogP contribution in [0.5, 0.6) is 0 Å². The molecule has 0 radical (unpaired) electrons. The summed E-state index contributed by atoms with van der Waals surface area (Å²) in [6.45, 7) is 0.531. The molecular formula is C18H15F3N4OS. The van der Waals surface area contributed by atoms with Crippen molar-refractivity contribution in [2.75, 3.05) is 17.2 Å². The molecule has 3 aromatic rings. The number of carbonyl (C=O) groups is 1. The number of amides is 2. The van der Waals surface area contributed by atoms with E-state index in [0.29, 0.717) is 30.8 Å². The van der Waals surface area contributed by atoms with E-state index in [0.717, 1.165) is 15.4 Å². The van der Waals surface area contributed by atoms with Gasteiger partial charge in [0.25, 0.3) is 0 Å². The average Bonchev–Trinajstić information content (AvgIpc) is 3.09. The minimum Gasteiger partial charge on any atom is -0.330 e. The molecular weight excluding hydrogens is 377 g/mol. The summed E-state index contributed by atoms with van der Waals surface area (Å²) in [4.78, 5) is 17.2. The molecule has 2 amide bonds. The minimum atomic E-state index is -1.33. The van der Waals surface area contributed by atoms with Gasteiger partial charge in [0.05, 0.1) is 15.6 Å². The van der Waals surface area contributed by atoms with Gasteiger partial charge in [0.2, 0.25) is 0 Å². The Morgan fingerprint density at radius 3 is 2.44 bits per heavy atom. The lowest BCUT2D eigenvalue weighted by Crippen LogP contribution is -2.20. The summed E-state index contributed by atoms with van der Waals surface area (Å²) in [7, 11) is 0. The average molecular weight is 392 g/mol. The first-order valence-corrected chi connectivity index (χ1v) is 8.75. The van der Waals surface area contributed by atoms with Gasteiger partial charge in [0.15, 0.2) is 11.6 Å². The lowest BCUT2D eigenvalue weighted by atomic mass is 10.2. The highest BCUT2D eigenvalue weighted by atomic mass is 32.1. The lowest BCUT2D eigenvalue weighted by Gasteiger charge is -2.09. The van der Waals surface area contributed by atoms with Gasteiger partial charge in [0, 0.05) is 30.4 Å². The van der Waals surface area contributed by atoms with E-state index in [1.54, 1.807) is 30.5 Å². The number of hydrogen-bond acceptors (Lipinski definition) is 4. The van der Waals surface area contributed by atoms with E-state index in [1.165, 1.54) is 11.3 Å². The molecule has 0 fully saturated rings. The highest BCUT2D eigenvalue weighted by Gasteiger charge is 2.12. The monoisotopic (exact) mass is 392 g/mol. The molecule has 0 spiro atoms. The van der Waals surface area contributed by atoms with E-state index in [4.69, 9.17) is 5.73 Å². The van der Waals surface area contributed by atoms with Crippen LogP contribution in [0.25, 0.3) is 10.4 Å². The third kappa shape index (κ3) is 4.63. The number of nitrogens with zero attached hydrogens (tertiary/aromatic N) is 1. The van der Waals surface area contributed by atoms with Gasteiger partial charge in [-0.05, 0) is 24.2 Å². The molecule has 1 heterocycles. The molecule has 0 aliphatic carbocycles. The number of nitrogens with one attached hydrogen (secondary N) is 2. The molecule has 0 aliphatic rings. The first kappa shape index (κ1) is 18.9. The van der Waals surface area contributed by atoms with Gasteiger partial charge in [0.1, 0.15) is 5.82 Å². The fourth-order valence-electron chi connectivity index (χ4n) is 2.30. The zero-order chi connectivity index (χ0) is 19.4. The number of nitrogens with two attached hydrogens (primary N) is 1. The molecule has 27 heavy (non-hydrogen) atoms. The second kappa shape index (κ2) is 8.19. The van der Waals surface area contributed by atoms with Crippen molar-refractivity contribution < 1.29 is 18.0 Å². The fraction of sp³-hybridized carbons (Fsp3) is 0.111. The molecule has 0 aliphatic heterocycles. The molecule has 5 nitrogen and oxygen atoms in total. The summed E-state index contributed by atoms with van der Waals surface area (Å²) in [6, 6.07) is 7.10. The number of aromatic nitrogens is 1. The van der Waals surface area contributed by atoms with Crippen molar-refractivity contribution in [3.8, 4) is 10.4 Å². The Kier molecular flexibility index (Phi) is 5.72. The van der Waals surface area contributed by atoms with Gasteiger partial charge in [-0.2, -0.15) is 0 Å². The number of anilines is 2. The minimum absolute atomic E-state index is 0.369. The SMILES string of the molecule is NCCc1ncc(-c2ccc(NC(=O)Nc3cc(F)c(F)cc3F)cc2)s1. The summed E-state index contributed by atoms with van der Waals surface area (Å²) in [6.07, 6.45) is 2.47. The molecule has 2 aromatic carbocycles. The Morgan fingerprint density at radius 1 is 1.04 bits per heavy atom. The molecule has 0 saturated heterocycles. The van der Waals surface area contributed by atoms with Gasteiger partial charge in [-0.1, -0.05) is 12.1 Å². The van der Waals surface area contributed by atoms with Crippen molar-refractivity contribution >= 4 is 28.7 Å². The smallest absolute Gasteiger partial charge is 0.323 e. The maximum atomic E-state index is 13.6. The van der Waals surface area contributed by atoms with Gasteiger partial charge < -0.3 is 16.4 Å². The Labute approximate surface area is 157 Å². The Balaban J connectivity index is 1.65. The zero-order valence-electron chi connectivity index (χ0n) is 13.9. The van der Waals surface area contributed by atoms with E-state index in [9.17, 15) is 18.0 Å². The van der Waals surface area contributed by atoms with E-state index in [-0.39, 0.29) is 0 Å². The van der Waals surface area contributed by atoms with Crippen LogP contribution in [0.3, 0.4) is 0 Å². The maximum absolute atomic E-state index is 13.6. The summed E-state index contributed by atoms with van der Waals surface area (Å²) in [5, 5.41) is 5.58. The van der Waals surface area contributed by atoms with Crippen LogP contribution in [0.4, 0.5) is 29.3 Å². The first-order valence-electron chi connectivity index (χ1n) is 7.94. The zero-order valence-corrected chi connectivity index (χ0v) is 14.7. The van der Waals surface area contributed by atoms with Crippen LogP contribution in [-0.2, 0) is 6.42 Å². The van der Waals surface area contributed by atoms with Crippen molar-refractivity contribution in [1.29, 1.82) is 0 Å². The van der Waals surface area contributed by atoms with Crippen molar-refractivity contribution in [2.45, 2.75) is 6.42 Å². The highest BCUT2D eigenvalue weighted by Crippen LogP contribution is 2.27. The van der Waals surface area contributed by atoms with Crippen LogP contribution in [0.2, 0.25) is 0 Å². The maximum Gasteiger partial charge on any atom is 0.323 e. The Bertz CT molecular complexity index is 960. The summed E-state index contributed by atoms with van der Waals surface area (Å²) in [5.41, 5.74) is 6.43. The van der Waals surface area contributed by atoms with Crippen LogP contribution in [-0.4, -0.2) is 17.6 Å². The van der Waals surface area contributed by atoms with Crippen LogP contribution in [0, 0.1) is 17.5 Å². The molecule has 4 N–H and O–H groups in total. The van der Waals surface area contributed by atoms with Gasteiger partial charge in [-0.15, -0.1) is 11.3 Å². The number of carbonyl (C=O) groups excluding carboxylic acids is 1. The van der Waals surface area contributed by atoms with E-state index >= 15 is 0 Å². The second-order valence-electron chi connectivity index (χ2n) is 5.56. The number of urea groups is 1. The number of thiazole rings is 1. The van der Waals surface area contributed by atoms with Crippen molar-refractivity contribution in [3.63, 3.8) is 0 Å². The quantitative estimate of drug-likeness (QED) is 0.564. The summed E-state index contributed by atoms with van der Waals surface area (Å²) in [5.74, 6) is -3.65. The van der Waals surface area contributed by atoms with E-state index < -0.39 is 29.2 Å². The molecule has 9 heteroatoms. The standard InChI is InChI=1S/C18H15F3N4OS/c19-12-7-14(21)15(8-13(12)20)25-18(26)24-11-3-1-10(2-4-11)16-9-23-17(27-16)5-6-22/h1-4,7-9H,5-6,22H2,(H2,24,25,26). The third-order valence-electron chi connectivity index (χ3n) is 3.60. The lowest BCUT2D eigenvalue weighted by molar-refractivity contribution is 0.262. The second-order valence-corrected chi connectivity index (χ2v) is 6.67. The predicted molar refractivity (Wildman–Crippen MR) is 99.3 cm³/mol. The van der Waals surface area contributed by atoms with E-state index in [1.807, 2.05) is 0 Å². The highest BCUT2D eigenvalue weighted by molar-refractivity contribution is 7.15. The fourth-order valence-corrected chi connectivity index (χ4v) is 3.24. The third-order valence-corrected chi connectivity index (χ3v) is 4.70. The molecule has 0 saturated carbocycles. The number of halogens is 3. The van der Waals surface area contributed by atoms with Crippen molar-refractivity contribution in [1.82, 2.24) is 4.98 Å². The number of hydrogen-bond donors (Lipinski definition) is 3. The summed E-state index contributed by atoms with van der Waals surface area (Å²) < 4.78 is 39.6. The molecule has 0 unspecified atom stereocenters. The largest absolute Gasteiger partial charge is 0.330 e. The predicted octanol–water partition coefficient (Wildman–Crippen LogP) is 4.37. The number of rotatable bonds is 5. The van der Waals surface area contributed by atoms with Gasteiger partial charge in [-0.25, -0.2) is 22.9 Å². The summed E-state index contributed by atoms with van der Waals surface area (Å²) >= 11 is 1.54. The van der Waals surface area contributed by atoms with Gasteiger partial charge in [-0.3, -0.25) is 0 Å². The topological polar surface area (TPSA) is 80.0 Å². The van der Waals surface area contributed by atoms with Crippen LogP contribution in [0.1, 0.15) is 5.01 Å². The normalized spacial score (nSPS) is 10.7. The Morgan fingerprint density at radius 2 is 1.74 bits per heavy atom. The number of benzene rings is 2. The van der Waals surface area contributed by atoms with Crippen molar-refractivity contribution in [2.24, 2.45) is 5.73 Å². The molecule has 3 rings (SSSR count). The van der Waals surface area contributed by atoms with Crippen LogP contribution in [0.15, 0.2) is 42.6 Å².